The Bertz CT molecular complexity index is 372. The van der Waals surface area contributed by atoms with E-state index in [1.807, 2.05) is 16.8 Å². The molecule has 1 saturated carbocycles. The molecule has 2 N–H and O–H groups in total. The smallest absolute Gasteiger partial charge is 0.239 e. The van der Waals surface area contributed by atoms with Crippen molar-refractivity contribution in [1.29, 1.82) is 0 Å². The van der Waals surface area contributed by atoms with Gasteiger partial charge in [-0.25, -0.2) is 0 Å². The highest BCUT2D eigenvalue weighted by molar-refractivity contribution is 5.81. The van der Waals surface area contributed by atoms with Gasteiger partial charge in [0.05, 0.1) is 6.04 Å². The molecule has 2 rings (SSSR count). The summed E-state index contributed by atoms with van der Waals surface area (Å²) >= 11 is 0. The summed E-state index contributed by atoms with van der Waals surface area (Å²) in [6.07, 6.45) is 7.23. The Morgan fingerprint density at radius 2 is 1.76 bits per heavy atom. The molecule has 0 aromatic heterocycles. The van der Waals surface area contributed by atoms with Crippen LogP contribution in [0.25, 0.3) is 0 Å². The van der Waals surface area contributed by atoms with E-state index in [2.05, 4.69) is 0 Å². The fourth-order valence-corrected chi connectivity index (χ4v) is 3.66. The van der Waals surface area contributed by atoms with Crippen molar-refractivity contribution in [3.05, 3.63) is 0 Å². The van der Waals surface area contributed by atoms with Crippen molar-refractivity contribution in [1.82, 2.24) is 9.80 Å². The van der Waals surface area contributed by atoms with E-state index in [9.17, 15) is 9.59 Å². The molecule has 0 spiro atoms. The monoisotopic (exact) mass is 295 g/mol. The third kappa shape index (κ3) is 4.19. The van der Waals surface area contributed by atoms with Gasteiger partial charge in [-0.15, -0.1) is 0 Å². The van der Waals surface area contributed by atoms with Gasteiger partial charge >= 0.3 is 0 Å². The minimum atomic E-state index is -0.338. The maximum absolute atomic E-state index is 12.2. The van der Waals surface area contributed by atoms with Gasteiger partial charge in [-0.1, -0.05) is 0 Å². The third-order valence-electron chi connectivity index (χ3n) is 5.18. The van der Waals surface area contributed by atoms with Crippen LogP contribution < -0.4 is 5.73 Å². The molecular formula is C16H29N3O2. The molecule has 1 aliphatic heterocycles. The van der Waals surface area contributed by atoms with Crippen LogP contribution in [0.4, 0.5) is 0 Å². The number of nitrogens with two attached hydrogens (primary N) is 1. The minimum absolute atomic E-state index is 0.135. The molecule has 21 heavy (non-hydrogen) atoms. The highest BCUT2D eigenvalue weighted by Crippen LogP contribution is 2.30. The van der Waals surface area contributed by atoms with Crippen LogP contribution >= 0.6 is 0 Å². The maximum atomic E-state index is 12.2. The molecule has 120 valence electrons. The fourth-order valence-electron chi connectivity index (χ4n) is 3.66. The van der Waals surface area contributed by atoms with E-state index in [1.165, 1.54) is 0 Å². The van der Waals surface area contributed by atoms with Gasteiger partial charge in [-0.3, -0.25) is 9.59 Å². The van der Waals surface area contributed by atoms with Crippen molar-refractivity contribution in [2.24, 2.45) is 11.7 Å². The molecule has 0 radical (unpaired) electrons. The summed E-state index contributed by atoms with van der Waals surface area (Å²) in [5, 5.41) is 0. The maximum Gasteiger partial charge on any atom is 0.239 e. The highest BCUT2D eigenvalue weighted by Gasteiger charge is 2.29. The van der Waals surface area contributed by atoms with Gasteiger partial charge in [0.1, 0.15) is 0 Å². The van der Waals surface area contributed by atoms with Crippen molar-refractivity contribution >= 4 is 11.8 Å². The van der Waals surface area contributed by atoms with Gasteiger partial charge in [0, 0.05) is 33.1 Å². The number of amides is 2. The summed E-state index contributed by atoms with van der Waals surface area (Å²) in [5.41, 5.74) is 6.11. The second-order valence-corrected chi connectivity index (χ2v) is 6.68. The Balaban J connectivity index is 1.75. The van der Waals surface area contributed by atoms with Crippen LogP contribution in [0, 0.1) is 5.92 Å². The van der Waals surface area contributed by atoms with Gasteiger partial charge in [-0.2, -0.15) is 0 Å². The summed E-state index contributed by atoms with van der Waals surface area (Å²) in [6, 6.07) is 0.0273. The van der Waals surface area contributed by atoms with E-state index in [4.69, 9.17) is 5.73 Å². The molecule has 2 fully saturated rings. The van der Waals surface area contributed by atoms with Crippen LogP contribution in [0.15, 0.2) is 0 Å². The van der Waals surface area contributed by atoms with Gasteiger partial charge in [-0.05, 0) is 50.9 Å². The first-order valence-electron chi connectivity index (χ1n) is 8.26. The van der Waals surface area contributed by atoms with Crippen LogP contribution in [-0.2, 0) is 9.59 Å². The standard InChI is InChI=1S/C16H29N3O2/c1-12(20)18(2)14-7-5-13(6-8-14)11-15(17)16(21)19-9-3-4-10-19/h13-15H,3-11,17H2,1-2H3/t13?,14?,15-/m0/s1. The van der Waals surface area contributed by atoms with E-state index >= 15 is 0 Å². The van der Waals surface area contributed by atoms with E-state index in [0.29, 0.717) is 12.0 Å². The molecule has 1 aliphatic carbocycles. The van der Waals surface area contributed by atoms with Crippen LogP contribution in [0.3, 0.4) is 0 Å². The predicted molar refractivity (Wildman–Crippen MR) is 82.6 cm³/mol. The average Bonchev–Trinajstić information content (AvgIpc) is 3.00. The van der Waals surface area contributed by atoms with Crippen LogP contribution in [0.5, 0.6) is 0 Å². The third-order valence-corrected chi connectivity index (χ3v) is 5.18. The molecule has 5 heteroatoms. The lowest BCUT2D eigenvalue weighted by Crippen LogP contribution is -2.44. The van der Waals surface area contributed by atoms with Crippen LogP contribution in [-0.4, -0.2) is 53.8 Å². The van der Waals surface area contributed by atoms with Crippen molar-refractivity contribution in [3.8, 4) is 0 Å². The van der Waals surface area contributed by atoms with Crippen LogP contribution in [0.1, 0.15) is 51.9 Å². The number of carbonyl (C=O) groups is 2. The van der Waals surface area contributed by atoms with Crippen molar-refractivity contribution in [2.45, 2.75) is 64.0 Å². The first kappa shape index (κ1) is 16.3. The molecule has 1 atom stereocenters. The Kier molecular flexibility index (Phi) is 5.62. The molecule has 2 aliphatic rings. The summed E-state index contributed by atoms with van der Waals surface area (Å²) in [6.45, 7) is 3.38. The lowest BCUT2D eigenvalue weighted by Gasteiger charge is -2.35. The summed E-state index contributed by atoms with van der Waals surface area (Å²) in [5.74, 6) is 0.804. The number of carbonyl (C=O) groups excluding carboxylic acids is 2. The zero-order valence-electron chi connectivity index (χ0n) is 13.4. The lowest BCUT2D eigenvalue weighted by molar-refractivity contribution is -0.132. The summed E-state index contributed by atoms with van der Waals surface area (Å²) in [4.78, 5) is 27.4. The average molecular weight is 295 g/mol. The predicted octanol–water partition coefficient (Wildman–Crippen LogP) is 1.36. The van der Waals surface area contributed by atoms with Crippen LogP contribution in [0.2, 0.25) is 0 Å². The topological polar surface area (TPSA) is 66.6 Å². The molecule has 1 saturated heterocycles. The SMILES string of the molecule is CC(=O)N(C)C1CCC(C[C@H](N)C(=O)N2CCCC2)CC1. The number of rotatable bonds is 4. The Morgan fingerprint density at radius 1 is 1.19 bits per heavy atom. The zero-order valence-corrected chi connectivity index (χ0v) is 13.4. The minimum Gasteiger partial charge on any atom is -0.343 e. The molecule has 0 aromatic rings. The van der Waals surface area contributed by atoms with Gasteiger partial charge in [0.15, 0.2) is 0 Å². The molecule has 0 aromatic carbocycles. The van der Waals surface area contributed by atoms with Crippen molar-refractivity contribution < 1.29 is 9.59 Å². The van der Waals surface area contributed by atoms with E-state index < -0.39 is 0 Å². The molecule has 0 bridgehead atoms. The Labute approximate surface area is 127 Å². The number of nitrogens with zero attached hydrogens (tertiary/aromatic N) is 2. The van der Waals surface area contributed by atoms with E-state index in [0.717, 1.165) is 58.0 Å². The van der Waals surface area contributed by atoms with Gasteiger partial charge in [0.2, 0.25) is 11.8 Å². The molecule has 1 heterocycles. The second-order valence-electron chi connectivity index (χ2n) is 6.68. The number of likely N-dealkylation sites (tertiary alicyclic amines) is 1. The Hall–Kier alpha value is -1.10. The molecule has 5 nitrogen and oxygen atoms in total. The molecule has 0 unspecified atom stereocenters. The van der Waals surface area contributed by atoms with Gasteiger partial charge < -0.3 is 15.5 Å². The summed E-state index contributed by atoms with van der Waals surface area (Å²) in [7, 11) is 1.88. The first-order chi connectivity index (χ1) is 9.99. The zero-order chi connectivity index (χ0) is 15.4. The quantitative estimate of drug-likeness (QED) is 0.851. The highest BCUT2D eigenvalue weighted by atomic mass is 16.2. The Morgan fingerprint density at radius 3 is 2.29 bits per heavy atom. The summed E-state index contributed by atoms with van der Waals surface area (Å²) < 4.78 is 0. The number of hydrogen-bond donors (Lipinski definition) is 1. The normalized spacial score (nSPS) is 27.5. The van der Waals surface area contributed by atoms with Crippen molar-refractivity contribution in [3.63, 3.8) is 0 Å². The molecule has 2 amide bonds. The number of hydrogen-bond acceptors (Lipinski definition) is 3. The van der Waals surface area contributed by atoms with Gasteiger partial charge in [0.25, 0.3) is 0 Å². The lowest BCUT2D eigenvalue weighted by atomic mass is 9.82. The second kappa shape index (κ2) is 7.25. The van der Waals surface area contributed by atoms with Crippen molar-refractivity contribution in [2.75, 3.05) is 20.1 Å². The largest absolute Gasteiger partial charge is 0.343 e. The fraction of sp³-hybridized carbons (Fsp3) is 0.875. The molecular weight excluding hydrogens is 266 g/mol. The van der Waals surface area contributed by atoms with E-state index in [1.54, 1.807) is 6.92 Å². The van der Waals surface area contributed by atoms with E-state index in [-0.39, 0.29) is 17.9 Å². The first-order valence-corrected chi connectivity index (χ1v) is 8.26.